The Hall–Kier alpha value is -0.770. The van der Waals surface area contributed by atoms with E-state index in [1.54, 1.807) is 12.1 Å². The third-order valence-electron chi connectivity index (χ3n) is 1.59. The first-order valence-electron chi connectivity index (χ1n) is 4.11. The zero-order valence-corrected chi connectivity index (χ0v) is 8.51. The van der Waals surface area contributed by atoms with Crippen molar-refractivity contribution in [2.75, 3.05) is 13.6 Å². The van der Waals surface area contributed by atoms with E-state index in [0.717, 1.165) is 6.54 Å². The van der Waals surface area contributed by atoms with Crippen LogP contribution in [0.1, 0.15) is 6.92 Å². The Morgan fingerprint density at radius 1 is 1.54 bits per heavy atom. The minimum Gasteiger partial charge on any atom is -0.394 e. The van der Waals surface area contributed by atoms with Crippen LogP contribution >= 0.6 is 11.6 Å². The van der Waals surface area contributed by atoms with Crippen LogP contribution in [-0.2, 0) is 0 Å². The maximum atomic E-state index is 5.77. The number of hydrazine groups is 1. The predicted octanol–water partition coefficient (Wildman–Crippen LogP) is 2.09. The number of halogens is 1. The summed E-state index contributed by atoms with van der Waals surface area (Å²) >= 11 is 5.77. The lowest BCUT2D eigenvalue weighted by Crippen LogP contribution is -2.36. The molecule has 1 aromatic carbocycles. The number of nitrogens with zero attached hydrogens (tertiary/aromatic N) is 1. The largest absolute Gasteiger partial charge is 0.394 e. The first-order valence-corrected chi connectivity index (χ1v) is 4.49. The molecule has 0 saturated carbocycles. The van der Waals surface area contributed by atoms with E-state index in [9.17, 15) is 0 Å². The highest BCUT2D eigenvalue weighted by Crippen LogP contribution is 2.16. The van der Waals surface area contributed by atoms with Crippen molar-refractivity contribution in [3.8, 4) is 5.75 Å². The first-order chi connectivity index (χ1) is 6.22. The zero-order valence-electron chi connectivity index (χ0n) is 7.75. The van der Waals surface area contributed by atoms with E-state index in [1.807, 2.05) is 31.1 Å². The van der Waals surface area contributed by atoms with Crippen molar-refractivity contribution < 1.29 is 4.84 Å². The van der Waals surface area contributed by atoms with Gasteiger partial charge < -0.3 is 4.84 Å². The molecular weight excluding hydrogens is 188 g/mol. The number of hydrogen-bond donors (Lipinski definition) is 1. The molecule has 0 spiro atoms. The minimum atomic E-state index is 0.665. The summed E-state index contributed by atoms with van der Waals surface area (Å²) in [6.07, 6.45) is 0. The average molecular weight is 201 g/mol. The maximum Gasteiger partial charge on any atom is 0.150 e. The number of rotatable bonds is 4. The smallest absolute Gasteiger partial charge is 0.150 e. The maximum absolute atomic E-state index is 5.77. The highest BCUT2D eigenvalue weighted by atomic mass is 35.5. The Kier molecular flexibility index (Phi) is 4.02. The molecule has 0 aliphatic carbocycles. The quantitative estimate of drug-likeness (QED) is 0.754. The standard InChI is InChI=1S/C9H13ClN2O/c1-3-12(2)11-13-9-6-4-5-8(10)7-9/h4-7,11H,3H2,1-2H3. The molecule has 0 aliphatic heterocycles. The van der Waals surface area contributed by atoms with Gasteiger partial charge in [-0.05, 0) is 12.1 Å². The number of nitrogens with one attached hydrogen (secondary N) is 1. The second-order valence-corrected chi connectivity index (χ2v) is 3.10. The molecule has 0 saturated heterocycles. The lowest BCUT2D eigenvalue weighted by Gasteiger charge is -2.15. The van der Waals surface area contributed by atoms with Crippen LogP contribution < -0.4 is 10.4 Å². The Bertz CT molecular complexity index is 268. The highest BCUT2D eigenvalue weighted by molar-refractivity contribution is 6.30. The second-order valence-electron chi connectivity index (χ2n) is 2.66. The normalized spacial score (nSPS) is 10.5. The van der Waals surface area contributed by atoms with Crippen molar-refractivity contribution in [2.24, 2.45) is 0 Å². The Morgan fingerprint density at radius 3 is 2.92 bits per heavy atom. The summed E-state index contributed by atoms with van der Waals surface area (Å²) in [5.41, 5.74) is 2.75. The predicted molar refractivity (Wildman–Crippen MR) is 53.5 cm³/mol. The summed E-state index contributed by atoms with van der Waals surface area (Å²) in [5, 5.41) is 2.49. The van der Waals surface area contributed by atoms with Crippen LogP contribution in [0.2, 0.25) is 5.02 Å². The van der Waals surface area contributed by atoms with Crippen molar-refractivity contribution in [1.29, 1.82) is 0 Å². The second kappa shape index (κ2) is 5.07. The molecular formula is C9H13ClN2O. The van der Waals surface area contributed by atoms with Crippen LogP contribution in [0.5, 0.6) is 5.75 Å². The lowest BCUT2D eigenvalue weighted by molar-refractivity contribution is 0.0274. The van der Waals surface area contributed by atoms with Gasteiger partial charge in [-0.15, -0.1) is 0 Å². The first kappa shape index (κ1) is 10.3. The van der Waals surface area contributed by atoms with Crippen LogP contribution in [0, 0.1) is 0 Å². The van der Waals surface area contributed by atoms with E-state index in [-0.39, 0.29) is 0 Å². The third kappa shape index (κ3) is 3.63. The van der Waals surface area contributed by atoms with E-state index in [1.165, 1.54) is 0 Å². The summed E-state index contributed by atoms with van der Waals surface area (Å²) in [6.45, 7) is 2.88. The fraction of sp³-hybridized carbons (Fsp3) is 0.333. The summed E-state index contributed by atoms with van der Waals surface area (Å²) in [5.74, 6) is 0.702. The van der Waals surface area contributed by atoms with Crippen molar-refractivity contribution in [1.82, 2.24) is 10.6 Å². The van der Waals surface area contributed by atoms with Gasteiger partial charge in [0.15, 0.2) is 0 Å². The van der Waals surface area contributed by atoms with Gasteiger partial charge in [-0.2, -0.15) is 0 Å². The molecule has 0 amide bonds. The molecule has 0 aromatic heterocycles. The fourth-order valence-electron chi connectivity index (χ4n) is 0.726. The number of hydrogen-bond acceptors (Lipinski definition) is 3. The summed E-state index contributed by atoms with van der Waals surface area (Å²) in [7, 11) is 1.89. The molecule has 0 atom stereocenters. The molecule has 1 N–H and O–H groups in total. The molecule has 1 aromatic rings. The summed E-state index contributed by atoms with van der Waals surface area (Å²) in [6, 6.07) is 7.23. The van der Waals surface area contributed by atoms with Crippen LogP contribution in [0.4, 0.5) is 0 Å². The van der Waals surface area contributed by atoms with Crippen molar-refractivity contribution in [2.45, 2.75) is 6.92 Å². The van der Waals surface area contributed by atoms with Crippen LogP contribution in [-0.4, -0.2) is 18.6 Å². The molecule has 13 heavy (non-hydrogen) atoms. The van der Waals surface area contributed by atoms with Crippen LogP contribution in [0.3, 0.4) is 0 Å². The summed E-state index contributed by atoms with van der Waals surface area (Å²) in [4.78, 5) is 5.23. The van der Waals surface area contributed by atoms with Crippen molar-refractivity contribution in [3.63, 3.8) is 0 Å². The molecule has 0 heterocycles. The molecule has 72 valence electrons. The molecule has 0 bridgehead atoms. The van der Waals surface area contributed by atoms with E-state index in [4.69, 9.17) is 16.4 Å². The van der Waals surface area contributed by atoms with Crippen LogP contribution in [0.15, 0.2) is 24.3 Å². The van der Waals surface area contributed by atoms with E-state index >= 15 is 0 Å². The van der Waals surface area contributed by atoms with Gasteiger partial charge in [0.1, 0.15) is 5.75 Å². The zero-order chi connectivity index (χ0) is 9.68. The van der Waals surface area contributed by atoms with Gasteiger partial charge in [0.05, 0.1) is 0 Å². The van der Waals surface area contributed by atoms with E-state index in [0.29, 0.717) is 10.8 Å². The highest BCUT2D eigenvalue weighted by Gasteiger charge is 1.96. The molecule has 0 aliphatic rings. The third-order valence-corrected chi connectivity index (χ3v) is 1.82. The van der Waals surface area contributed by atoms with Gasteiger partial charge >= 0.3 is 0 Å². The Labute approximate surface area is 83.2 Å². The Balaban J connectivity index is 2.45. The van der Waals surface area contributed by atoms with Gasteiger partial charge in [-0.3, -0.25) is 0 Å². The van der Waals surface area contributed by atoms with Gasteiger partial charge in [-0.25, -0.2) is 5.01 Å². The van der Waals surface area contributed by atoms with Crippen molar-refractivity contribution in [3.05, 3.63) is 29.3 Å². The van der Waals surface area contributed by atoms with Gasteiger partial charge in [0.2, 0.25) is 0 Å². The fourth-order valence-corrected chi connectivity index (χ4v) is 0.906. The van der Waals surface area contributed by atoms with Gasteiger partial charge in [-0.1, -0.05) is 30.2 Å². The molecule has 1 rings (SSSR count). The molecule has 0 fully saturated rings. The van der Waals surface area contributed by atoms with E-state index < -0.39 is 0 Å². The molecule has 0 unspecified atom stereocenters. The minimum absolute atomic E-state index is 0.665. The average Bonchev–Trinajstić information content (AvgIpc) is 2.14. The van der Waals surface area contributed by atoms with Crippen molar-refractivity contribution >= 4 is 11.6 Å². The SMILES string of the molecule is CCN(C)NOc1cccc(Cl)c1. The monoisotopic (exact) mass is 200 g/mol. The van der Waals surface area contributed by atoms with E-state index in [2.05, 4.69) is 5.59 Å². The lowest BCUT2D eigenvalue weighted by atomic mass is 10.3. The van der Waals surface area contributed by atoms with Crippen LogP contribution in [0.25, 0.3) is 0 Å². The van der Waals surface area contributed by atoms with Gasteiger partial charge in [0.25, 0.3) is 0 Å². The Morgan fingerprint density at radius 2 is 2.31 bits per heavy atom. The number of benzene rings is 1. The topological polar surface area (TPSA) is 24.5 Å². The molecule has 0 radical (unpaired) electrons. The molecule has 4 heteroatoms. The molecule has 3 nitrogen and oxygen atoms in total. The van der Waals surface area contributed by atoms with Gasteiger partial charge in [0, 0.05) is 24.7 Å². The summed E-state index contributed by atoms with van der Waals surface area (Å²) < 4.78 is 0.